The van der Waals surface area contributed by atoms with E-state index in [-0.39, 0.29) is 12.4 Å². The van der Waals surface area contributed by atoms with Crippen molar-refractivity contribution >= 4 is 21.5 Å². The Hall–Kier alpha value is -1.76. The van der Waals surface area contributed by atoms with Gasteiger partial charge in [0.2, 0.25) is 10.0 Å². The van der Waals surface area contributed by atoms with Crippen molar-refractivity contribution in [3.8, 4) is 5.75 Å². The van der Waals surface area contributed by atoms with Gasteiger partial charge in [-0.05, 0) is 32.9 Å². The average molecular weight is 285 g/mol. The zero-order valence-electron chi connectivity index (χ0n) is 11.2. The number of nitrogens with one attached hydrogen (secondary N) is 2. The number of nitrogens with two attached hydrogens (primary N) is 1. The van der Waals surface area contributed by atoms with Gasteiger partial charge in [-0.1, -0.05) is 12.1 Å². The Morgan fingerprint density at radius 2 is 1.95 bits per heavy atom. The fraction of sp³-hybridized carbons (Fsp3) is 0.417. The van der Waals surface area contributed by atoms with Gasteiger partial charge >= 0.3 is 0 Å². The largest absolute Gasteiger partial charge is 0.484 e. The summed E-state index contributed by atoms with van der Waals surface area (Å²) < 4.78 is 31.0. The molecule has 0 atom stereocenters. The minimum Gasteiger partial charge on any atom is -0.484 e. The lowest BCUT2D eigenvalue weighted by Gasteiger charge is -2.21. The minimum absolute atomic E-state index is 0.0890. The first-order chi connectivity index (χ1) is 8.63. The summed E-state index contributed by atoms with van der Waals surface area (Å²) in [5.74, 6) is 0.207. The molecule has 7 heteroatoms. The quantitative estimate of drug-likeness (QED) is 0.563. The number of sulfonamides is 1. The Labute approximate surface area is 113 Å². The van der Waals surface area contributed by atoms with E-state index in [4.69, 9.17) is 15.9 Å². The molecular weight excluding hydrogens is 266 g/mol. The molecule has 0 radical (unpaired) electrons. The summed E-state index contributed by atoms with van der Waals surface area (Å²) in [6, 6.07) is 6.62. The lowest BCUT2D eigenvalue weighted by molar-refractivity contribution is 0.376. The monoisotopic (exact) mass is 285 g/mol. The van der Waals surface area contributed by atoms with Crippen molar-refractivity contribution in [2.24, 2.45) is 5.73 Å². The molecule has 0 aliphatic carbocycles. The molecule has 1 aromatic rings. The highest BCUT2D eigenvalue weighted by molar-refractivity contribution is 7.94. The van der Waals surface area contributed by atoms with Crippen molar-refractivity contribution in [2.75, 3.05) is 11.3 Å². The first kappa shape index (κ1) is 15.3. The zero-order chi connectivity index (χ0) is 14.7. The van der Waals surface area contributed by atoms with Crippen molar-refractivity contribution in [1.29, 1.82) is 5.41 Å². The normalized spacial score (nSPS) is 11.9. The number of anilines is 1. The molecular formula is C12H19N3O3S. The van der Waals surface area contributed by atoms with E-state index in [1.807, 2.05) is 0 Å². The van der Waals surface area contributed by atoms with Crippen LogP contribution in [-0.4, -0.2) is 25.6 Å². The number of ether oxygens (including phenoxy) is 1. The molecule has 0 saturated heterocycles. The smallest absolute Gasteiger partial charge is 0.237 e. The summed E-state index contributed by atoms with van der Waals surface area (Å²) in [5.41, 5.74) is 5.54. The molecule has 0 unspecified atom stereocenters. The van der Waals surface area contributed by atoms with Crippen LogP contribution in [0.1, 0.15) is 20.8 Å². The van der Waals surface area contributed by atoms with Crippen LogP contribution in [0.15, 0.2) is 24.3 Å². The first-order valence-electron chi connectivity index (χ1n) is 5.70. The molecule has 106 valence electrons. The van der Waals surface area contributed by atoms with Gasteiger partial charge in [-0.2, -0.15) is 0 Å². The van der Waals surface area contributed by atoms with Gasteiger partial charge in [0.1, 0.15) is 18.2 Å². The van der Waals surface area contributed by atoms with E-state index in [9.17, 15) is 8.42 Å². The lowest BCUT2D eigenvalue weighted by Crippen LogP contribution is -2.33. The van der Waals surface area contributed by atoms with Gasteiger partial charge in [0.15, 0.2) is 0 Å². The fourth-order valence-corrected chi connectivity index (χ4v) is 1.89. The van der Waals surface area contributed by atoms with Crippen molar-refractivity contribution in [3.63, 3.8) is 0 Å². The number of amidine groups is 1. The van der Waals surface area contributed by atoms with Crippen molar-refractivity contribution in [3.05, 3.63) is 24.3 Å². The second-order valence-electron chi connectivity index (χ2n) is 5.03. The maximum atomic E-state index is 12.1. The summed E-state index contributed by atoms with van der Waals surface area (Å²) in [7, 11) is -3.53. The highest BCUT2D eigenvalue weighted by Gasteiger charge is 2.29. The van der Waals surface area contributed by atoms with E-state index in [0.29, 0.717) is 11.4 Å². The molecule has 0 heterocycles. The topological polar surface area (TPSA) is 105 Å². The van der Waals surface area contributed by atoms with Crippen LogP contribution in [0.25, 0.3) is 0 Å². The summed E-state index contributed by atoms with van der Waals surface area (Å²) >= 11 is 0. The molecule has 0 fully saturated rings. The van der Waals surface area contributed by atoms with Crippen molar-refractivity contribution < 1.29 is 13.2 Å². The Balaban J connectivity index is 2.99. The molecule has 0 aliphatic heterocycles. The van der Waals surface area contributed by atoms with Crippen LogP contribution in [0, 0.1) is 5.41 Å². The molecule has 1 rings (SSSR count). The second-order valence-corrected chi connectivity index (χ2v) is 7.46. The van der Waals surface area contributed by atoms with Crippen LogP contribution in [0.2, 0.25) is 0 Å². The molecule has 0 aliphatic rings. The zero-order valence-corrected chi connectivity index (χ0v) is 12.0. The van der Waals surface area contributed by atoms with Crippen LogP contribution >= 0.6 is 0 Å². The van der Waals surface area contributed by atoms with Crippen LogP contribution in [0.5, 0.6) is 5.75 Å². The standard InChI is InChI=1S/C12H19N3O3S/c1-12(2,3)19(16,17)15-9-6-4-5-7-10(9)18-8-11(13)14/h4-7,15H,8H2,1-3H3,(H3,13,14). The molecule has 19 heavy (non-hydrogen) atoms. The van der Waals surface area contributed by atoms with Crippen LogP contribution < -0.4 is 15.2 Å². The summed E-state index contributed by atoms with van der Waals surface area (Å²) in [5, 5.41) is 7.11. The molecule has 0 saturated carbocycles. The fourth-order valence-electron chi connectivity index (χ4n) is 1.13. The van der Waals surface area contributed by atoms with E-state index in [0.717, 1.165) is 0 Å². The Morgan fingerprint density at radius 3 is 2.47 bits per heavy atom. The molecule has 0 bridgehead atoms. The maximum Gasteiger partial charge on any atom is 0.237 e. The predicted molar refractivity (Wildman–Crippen MR) is 76.1 cm³/mol. The number of para-hydroxylation sites is 2. The SMILES string of the molecule is CC(C)(C)S(=O)(=O)Nc1ccccc1OCC(=N)N. The third-order valence-corrected chi connectivity index (χ3v) is 4.42. The highest BCUT2D eigenvalue weighted by atomic mass is 32.2. The van der Waals surface area contributed by atoms with Gasteiger partial charge in [0.25, 0.3) is 0 Å². The van der Waals surface area contributed by atoms with Gasteiger partial charge < -0.3 is 10.5 Å². The Bertz CT molecular complexity index is 562. The number of benzene rings is 1. The summed E-state index contributed by atoms with van der Waals surface area (Å²) in [6.07, 6.45) is 0. The Kier molecular flexibility index (Phi) is 4.41. The highest BCUT2D eigenvalue weighted by Crippen LogP contribution is 2.27. The summed E-state index contributed by atoms with van der Waals surface area (Å²) in [6.45, 7) is 4.73. The number of hydrogen-bond acceptors (Lipinski definition) is 4. The van der Waals surface area contributed by atoms with Gasteiger partial charge in [-0.15, -0.1) is 0 Å². The van der Waals surface area contributed by atoms with E-state index < -0.39 is 14.8 Å². The second kappa shape index (κ2) is 5.48. The van der Waals surface area contributed by atoms with Gasteiger partial charge in [0.05, 0.1) is 10.4 Å². The third-order valence-electron chi connectivity index (χ3n) is 2.32. The number of hydrogen-bond donors (Lipinski definition) is 3. The molecule has 0 amide bonds. The molecule has 0 aromatic heterocycles. The lowest BCUT2D eigenvalue weighted by atomic mass is 10.3. The van der Waals surface area contributed by atoms with Crippen LogP contribution in [0.3, 0.4) is 0 Å². The number of rotatable bonds is 5. The van der Waals surface area contributed by atoms with E-state index in [1.54, 1.807) is 45.0 Å². The van der Waals surface area contributed by atoms with Gasteiger partial charge in [-0.25, -0.2) is 8.42 Å². The van der Waals surface area contributed by atoms with E-state index in [2.05, 4.69) is 4.72 Å². The molecule has 4 N–H and O–H groups in total. The van der Waals surface area contributed by atoms with E-state index >= 15 is 0 Å². The van der Waals surface area contributed by atoms with E-state index in [1.165, 1.54) is 0 Å². The summed E-state index contributed by atoms with van der Waals surface area (Å²) in [4.78, 5) is 0. The van der Waals surface area contributed by atoms with Gasteiger partial charge in [-0.3, -0.25) is 10.1 Å². The molecule has 0 spiro atoms. The average Bonchev–Trinajstić information content (AvgIpc) is 2.25. The Morgan fingerprint density at radius 1 is 1.37 bits per heavy atom. The van der Waals surface area contributed by atoms with Crippen LogP contribution in [-0.2, 0) is 10.0 Å². The van der Waals surface area contributed by atoms with Crippen molar-refractivity contribution in [1.82, 2.24) is 0 Å². The molecule has 1 aromatic carbocycles. The van der Waals surface area contributed by atoms with Gasteiger partial charge in [0, 0.05) is 0 Å². The minimum atomic E-state index is -3.53. The predicted octanol–water partition coefficient (Wildman–Crippen LogP) is 1.54. The molecule has 6 nitrogen and oxygen atoms in total. The van der Waals surface area contributed by atoms with Crippen molar-refractivity contribution in [2.45, 2.75) is 25.5 Å². The third kappa shape index (κ3) is 4.13. The first-order valence-corrected chi connectivity index (χ1v) is 7.19. The maximum absolute atomic E-state index is 12.1. The van der Waals surface area contributed by atoms with Crippen LogP contribution in [0.4, 0.5) is 5.69 Å².